The number of amides is 1. The Balaban J connectivity index is 1.47. The number of nitrogens with zero attached hydrogens (tertiary/aromatic N) is 1. The largest absolute Gasteiger partial charge is 0.352 e. The van der Waals surface area contributed by atoms with Crippen LogP contribution >= 0.6 is 0 Å². The molecule has 1 fully saturated rings. The first-order valence-corrected chi connectivity index (χ1v) is 8.28. The summed E-state index contributed by atoms with van der Waals surface area (Å²) >= 11 is 0. The molecule has 4 nitrogen and oxygen atoms in total. The van der Waals surface area contributed by atoms with Crippen molar-refractivity contribution in [2.45, 2.75) is 19.3 Å². The summed E-state index contributed by atoms with van der Waals surface area (Å²) in [6.07, 6.45) is 6.71. The molecule has 0 saturated carbocycles. The van der Waals surface area contributed by atoms with Gasteiger partial charge in [0.25, 0.3) is 5.91 Å². The van der Waals surface area contributed by atoms with E-state index in [9.17, 15) is 4.79 Å². The second kappa shape index (κ2) is 7.88. The molecule has 4 heteroatoms. The van der Waals surface area contributed by atoms with Gasteiger partial charge in [-0.2, -0.15) is 0 Å². The molecular formula is C19H23N3O. The summed E-state index contributed by atoms with van der Waals surface area (Å²) in [4.78, 5) is 16.1. The van der Waals surface area contributed by atoms with Crippen molar-refractivity contribution < 1.29 is 4.79 Å². The number of carbonyl (C=O) groups is 1. The lowest BCUT2D eigenvalue weighted by Crippen LogP contribution is -2.25. The van der Waals surface area contributed by atoms with Crippen LogP contribution in [0.4, 0.5) is 0 Å². The number of nitrogens with one attached hydrogen (secondary N) is 2. The molecule has 0 spiro atoms. The summed E-state index contributed by atoms with van der Waals surface area (Å²) < 4.78 is 0. The van der Waals surface area contributed by atoms with Crippen LogP contribution in [0.3, 0.4) is 0 Å². The zero-order valence-corrected chi connectivity index (χ0v) is 13.3. The summed E-state index contributed by atoms with van der Waals surface area (Å²) in [5.41, 5.74) is 3.22. The van der Waals surface area contributed by atoms with E-state index in [0.717, 1.165) is 37.4 Å². The highest BCUT2D eigenvalue weighted by Gasteiger charge is 2.15. The van der Waals surface area contributed by atoms with E-state index in [1.165, 1.54) is 17.5 Å². The van der Waals surface area contributed by atoms with Gasteiger partial charge in [-0.05, 0) is 73.7 Å². The van der Waals surface area contributed by atoms with Crippen LogP contribution in [0.15, 0.2) is 48.8 Å². The number of aromatic nitrogens is 1. The third-order valence-electron chi connectivity index (χ3n) is 4.35. The molecule has 1 atom stereocenters. The molecule has 1 aliphatic rings. The van der Waals surface area contributed by atoms with Gasteiger partial charge in [-0.15, -0.1) is 0 Å². The molecule has 23 heavy (non-hydrogen) atoms. The zero-order valence-electron chi connectivity index (χ0n) is 13.3. The molecule has 0 bridgehead atoms. The minimum atomic E-state index is -0.00635. The summed E-state index contributed by atoms with van der Waals surface area (Å²) in [6.45, 7) is 2.87. The minimum Gasteiger partial charge on any atom is -0.352 e. The SMILES string of the molecule is O=C(NCCc1ccncc1)c1ccc(CC2CCNC2)cc1. The van der Waals surface area contributed by atoms with Crippen molar-refractivity contribution in [1.82, 2.24) is 15.6 Å². The van der Waals surface area contributed by atoms with Crippen molar-refractivity contribution in [3.8, 4) is 0 Å². The Morgan fingerprint density at radius 2 is 1.91 bits per heavy atom. The molecule has 2 N–H and O–H groups in total. The number of benzene rings is 1. The van der Waals surface area contributed by atoms with Crippen LogP contribution in [0.1, 0.15) is 27.9 Å². The number of carbonyl (C=O) groups excluding carboxylic acids is 1. The van der Waals surface area contributed by atoms with Gasteiger partial charge in [0.15, 0.2) is 0 Å². The van der Waals surface area contributed by atoms with Crippen LogP contribution in [-0.2, 0) is 12.8 Å². The van der Waals surface area contributed by atoms with Gasteiger partial charge in [0.1, 0.15) is 0 Å². The summed E-state index contributed by atoms with van der Waals surface area (Å²) in [6, 6.07) is 12.0. The van der Waals surface area contributed by atoms with Gasteiger partial charge < -0.3 is 10.6 Å². The van der Waals surface area contributed by atoms with Gasteiger partial charge in [-0.1, -0.05) is 12.1 Å². The zero-order chi connectivity index (χ0) is 15.9. The molecule has 0 radical (unpaired) electrons. The highest BCUT2D eigenvalue weighted by Crippen LogP contribution is 2.15. The first kappa shape index (κ1) is 15.7. The first-order chi connectivity index (χ1) is 11.3. The van der Waals surface area contributed by atoms with Crippen LogP contribution in [0.25, 0.3) is 0 Å². The average Bonchev–Trinajstić information content (AvgIpc) is 3.09. The average molecular weight is 309 g/mol. The molecule has 0 aliphatic carbocycles. The van der Waals surface area contributed by atoms with E-state index in [0.29, 0.717) is 6.54 Å². The van der Waals surface area contributed by atoms with Gasteiger partial charge >= 0.3 is 0 Å². The molecule has 1 aromatic heterocycles. The topological polar surface area (TPSA) is 54.0 Å². The van der Waals surface area contributed by atoms with Gasteiger partial charge in [0.05, 0.1) is 0 Å². The fourth-order valence-corrected chi connectivity index (χ4v) is 2.99. The summed E-state index contributed by atoms with van der Waals surface area (Å²) in [5, 5.41) is 6.36. The maximum Gasteiger partial charge on any atom is 0.251 e. The van der Waals surface area contributed by atoms with Gasteiger partial charge in [-0.3, -0.25) is 9.78 Å². The van der Waals surface area contributed by atoms with E-state index in [-0.39, 0.29) is 5.91 Å². The lowest BCUT2D eigenvalue weighted by molar-refractivity contribution is 0.0954. The Labute approximate surface area is 137 Å². The normalized spacial score (nSPS) is 17.1. The van der Waals surface area contributed by atoms with E-state index in [1.54, 1.807) is 12.4 Å². The van der Waals surface area contributed by atoms with E-state index in [2.05, 4.69) is 27.8 Å². The molecule has 1 aromatic carbocycles. The second-order valence-electron chi connectivity index (χ2n) is 6.12. The summed E-state index contributed by atoms with van der Waals surface area (Å²) in [5.74, 6) is 0.725. The predicted molar refractivity (Wildman–Crippen MR) is 91.4 cm³/mol. The van der Waals surface area contributed by atoms with Crippen LogP contribution in [-0.4, -0.2) is 30.5 Å². The highest BCUT2D eigenvalue weighted by molar-refractivity contribution is 5.94. The lowest BCUT2D eigenvalue weighted by Gasteiger charge is -2.09. The molecule has 1 saturated heterocycles. The van der Waals surface area contributed by atoms with E-state index >= 15 is 0 Å². The molecule has 120 valence electrons. The van der Waals surface area contributed by atoms with Crippen molar-refractivity contribution in [1.29, 1.82) is 0 Å². The van der Waals surface area contributed by atoms with Crippen LogP contribution in [0, 0.1) is 5.92 Å². The van der Waals surface area contributed by atoms with Crippen molar-refractivity contribution in [3.05, 3.63) is 65.5 Å². The molecule has 3 rings (SSSR count). The maximum atomic E-state index is 12.2. The molecule has 1 unspecified atom stereocenters. The summed E-state index contributed by atoms with van der Waals surface area (Å²) in [7, 11) is 0. The quantitative estimate of drug-likeness (QED) is 0.860. The highest BCUT2D eigenvalue weighted by atomic mass is 16.1. The van der Waals surface area contributed by atoms with E-state index in [1.807, 2.05) is 24.3 Å². The molecular weight excluding hydrogens is 286 g/mol. The Morgan fingerprint density at radius 1 is 1.13 bits per heavy atom. The third-order valence-corrected chi connectivity index (χ3v) is 4.35. The van der Waals surface area contributed by atoms with Crippen molar-refractivity contribution in [2.24, 2.45) is 5.92 Å². The smallest absolute Gasteiger partial charge is 0.251 e. The van der Waals surface area contributed by atoms with Crippen molar-refractivity contribution in [2.75, 3.05) is 19.6 Å². The fraction of sp³-hybridized carbons (Fsp3) is 0.368. The second-order valence-corrected chi connectivity index (χ2v) is 6.12. The fourth-order valence-electron chi connectivity index (χ4n) is 2.99. The monoisotopic (exact) mass is 309 g/mol. The van der Waals surface area contributed by atoms with E-state index < -0.39 is 0 Å². The third kappa shape index (κ3) is 4.63. The number of rotatable bonds is 6. The molecule has 2 aromatic rings. The molecule has 2 heterocycles. The van der Waals surface area contributed by atoms with Gasteiger partial charge in [-0.25, -0.2) is 0 Å². The minimum absolute atomic E-state index is 0.00635. The lowest BCUT2D eigenvalue weighted by atomic mass is 9.98. The first-order valence-electron chi connectivity index (χ1n) is 8.28. The van der Waals surface area contributed by atoms with Crippen LogP contribution < -0.4 is 10.6 Å². The van der Waals surface area contributed by atoms with Crippen molar-refractivity contribution >= 4 is 5.91 Å². The van der Waals surface area contributed by atoms with Gasteiger partial charge in [0, 0.05) is 24.5 Å². The van der Waals surface area contributed by atoms with Crippen LogP contribution in [0.5, 0.6) is 0 Å². The number of hydrogen-bond acceptors (Lipinski definition) is 3. The molecule has 1 amide bonds. The Kier molecular flexibility index (Phi) is 5.37. The van der Waals surface area contributed by atoms with E-state index in [4.69, 9.17) is 0 Å². The number of hydrogen-bond donors (Lipinski definition) is 2. The Morgan fingerprint density at radius 3 is 2.61 bits per heavy atom. The predicted octanol–water partition coefficient (Wildman–Crippen LogP) is 2.21. The van der Waals surface area contributed by atoms with Crippen LogP contribution in [0.2, 0.25) is 0 Å². The molecule has 1 aliphatic heterocycles. The maximum absolute atomic E-state index is 12.2. The number of pyridine rings is 1. The van der Waals surface area contributed by atoms with Gasteiger partial charge in [0.2, 0.25) is 0 Å². The Bertz CT molecular complexity index is 619. The Hall–Kier alpha value is -2.20. The standard InChI is InChI=1S/C19H23N3O/c23-19(22-12-8-15-5-9-20-10-6-15)18-3-1-16(2-4-18)13-17-7-11-21-14-17/h1-6,9-10,17,21H,7-8,11-14H2,(H,22,23). The van der Waals surface area contributed by atoms with Crippen molar-refractivity contribution in [3.63, 3.8) is 0 Å².